The lowest BCUT2D eigenvalue weighted by atomic mass is 9.94. The molecule has 0 bridgehead atoms. The fourth-order valence-corrected chi connectivity index (χ4v) is 3.43. The van der Waals surface area contributed by atoms with Gasteiger partial charge < -0.3 is 15.4 Å². The predicted molar refractivity (Wildman–Crippen MR) is 111 cm³/mol. The third kappa shape index (κ3) is 3.95. The number of ether oxygens (including phenoxy) is 1. The highest BCUT2D eigenvalue weighted by Crippen LogP contribution is 2.33. The van der Waals surface area contributed by atoms with Gasteiger partial charge in [0.05, 0.1) is 29.3 Å². The van der Waals surface area contributed by atoms with E-state index in [0.29, 0.717) is 34.8 Å². The number of methoxy groups -OCH3 is 1. The number of hydrogen-bond donors (Lipinski definition) is 2. The zero-order valence-corrected chi connectivity index (χ0v) is 16.8. The molecule has 2 aromatic carbocycles. The van der Waals surface area contributed by atoms with Crippen LogP contribution in [0.2, 0.25) is 0 Å². The van der Waals surface area contributed by atoms with Crippen molar-refractivity contribution in [2.24, 2.45) is 0 Å². The van der Waals surface area contributed by atoms with Crippen LogP contribution in [-0.4, -0.2) is 35.4 Å². The van der Waals surface area contributed by atoms with Crippen LogP contribution in [0.4, 0.5) is 16.2 Å². The summed E-state index contributed by atoms with van der Waals surface area (Å²) in [4.78, 5) is 37.7. The van der Waals surface area contributed by atoms with Gasteiger partial charge in [0.2, 0.25) is 0 Å². The van der Waals surface area contributed by atoms with E-state index in [9.17, 15) is 19.7 Å². The van der Waals surface area contributed by atoms with Crippen molar-refractivity contribution in [3.63, 3.8) is 0 Å². The molecule has 1 aliphatic heterocycles. The quantitative estimate of drug-likeness (QED) is 0.558. The number of non-ortho nitro benzene ring substituents is 1. The van der Waals surface area contributed by atoms with Gasteiger partial charge in [-0.2, -0.15) is 0 Å². The summed E-state index contributed by atoms with van der Waals surface area (Å²) in [6.45, 7) is 3.90. The lowest BCUT2D eigenvalue weighted by Crippen LogP contribution is -2.48. The van der Waals surface area contributed by atoms with Crippen molar-refractivity contribution >= 4 is 23.3 Å². The largest absolute Gasteiger partial charge is 0.495 e. The van der Waals surface area contributed by atoms with Gasteiger partial charge in [0.25, 0.3) is 11.6 Å². The van der Waals surface area contributed by atoms with Gasteiger partial charge in [-0.1, -0.05) is 12.1 Å². The van der Waals surface area contributed by atoms with Gasteiger partial charge in [-0.15, -0.1) is 0 Å². The molecular formula is C21H22N4O5. The molecule has 156 valence electrons. The van der Waals surface area contributed by atoms with Crippen LogP contribution in [0.3, 0.4) is 0 Å². The number of nitrogens with zero attached hydrogens (tertiary/aromatic N) is 2. The van der Waals surface area contributed by atoms with E-state index < -0.39 is 16.9 Å². The van der Waals surface area contributed by atoms with E-state index >= 15 is 0 Å². The Morgan fingerprint density at radius 1 is 1.23 bits per heavy atom. The molecule has 2 N–H and O–H groups in total. The van der Waals surface area contributed by atoms with Crippen LogP contribution in [-0.2, 0) is 4.79 Å². The van der Waals surface area contributed by atoms with E-state index in [4.69, 9.17) is 4.74 Å². The Balaban J connectivity index is 2.02. The van der Waals surface area contributed by atoms with E-state index in [0.717, 1.165) is 0 Å². The number of amides is 3. The van der Waals surface area contributed by atoms with Gasteiger partial charge in [0, 0.05) is 24.4 Å². The van der Waals surface area contributed by atoms with Crippen LogP contribution in [0.25, 0.3) is 0 Å². The van der Waals surface area contributed by atoms with Crippen molar-refractivity contribution in [2.45, 2.75) is 19.9 Å². The molecule has 0 saturated heterocycles. The Kier molecular flexibility index (Phi) is 6.01. The number of para-hydroxylation sites is 2. The van der Waals surface area contributed by atoms with Gasteiger partial charge in [0.1, 0.15) is 5.75 Å². The summed E-state index contributed by atoms with van der Waals surface area (Å²) in [6.07, 6.45) is 0. The molecule has 30 heavy (non-hydrogen) atoms. The van der Waals surface area contributed by atoms with Gasteiger partial charge in [-0.05, 0) is 43.7 Å². The first-order valence-corrected chi connectivity index (χ1v) is 9.34. The summed E-state index contributed by atoms with van der Waals surface area (Å²) in [5, 5.41) is 16.6. The molecule has 0 radical (unpaired) electrons. The maximum absolute atomic E-state index is 13.3. The number of allylic oxidation sites excluding steroid dienone is 1. The highest BCUT2D eigenvalue weighted by Gasteiger charge is 2.35. The molecule has 1 heterocycles. The molecule has 1 aliphatic rings. The lowest BCUT2D eigenvalue weighted by molar-refractivity contribution is -0.384. The van der Waals surface area contributed by atoms with E-state index in [1.165, 1.54) is 36.3 Å². The van der Waals surface area contributed by atoms with E-state index in [2.05, 4.69) is 10.6 Å². The molecular weight excluding hydrogens is 388 g/mol. The molecule has 3 amide bonds. The fourth-order valence-electron chi connectivity index (χ4n) is 3.43. The molecule has 3 rings (SSSR count). The second-order valence-corrected chi connectivity index (χ2v) is 6.63. The number of nitro groups is 1. The minimum atomic E-state index is -0.754. The maximum Gasteiger partial charge on any atom is 0.322 e. The Labute approximate surface area is 173 Å². The van der Waals surface area contributed by atoms with Gasteiger partial charge in [-0.25, -0.2) is 4.79 Å². The van der Waals surface area contributed by atoms with Crippen molar-refractivity contribution in [2.75, 3.05) is 19.0 Å². The number of anilines is 1. The van der Waals surface area contributed by atoms with Crippen molar-refractivity contribution in [1.29, 1.82) is 0 Å². The number of hydrogen-bond acceptors (Lipinski definition) is 5. The van der Waals surface area contributed by atoms with Crippen LogP contribution in [0.1, 0.15) is 25.5 Å². The summed E-state index contributed by atoms with van der Waals surface area (Å²) >= 11 is 0. The molecule has 9 heteroatoms. The molecule has 0 fully saturated rings. The highest BCUT2D eigenvalue weighted by molar-refractivity contribution is 6.07. The SMILES string of the molecule is CCN1C(=O)N[C@H](c2ccc([N+](=O)[O-])cc2)C(C(=O)Nc2ccccc2OC)=C1C. The van der Waals surface area contributed by atoms with Crippen LogP contribution in [0, 0.1) is 10.1 Å². The van der Waals surface area contributed by atoms with Gasteiger partial charge >= 0.3 is 6.03 Å². The minimum absolute atomic E-state index is 0.0724. The third-order valence-corrected chi connectivity index (χ3v) is 4.95. The number of benzene rings is 2. The number of carbonyl (C=O) groups is 2. The molecule has 0 aromatic heterocycles. The van der Waals surface area contributed by atoms with E-state index in [1.54, 1.807) is 31.2 Å². The molecule has 0 unspecified atom stereocenters. The number of urea groups is 1. The zero-order valence-electron chi connectivity index (χ0n) is 16.8. The van der Waals surface area contributed by atoms with Crippen molar-refractivity contribution in [3.8, 4) is 5.75 Å². The smallest absolute Gasteiger partial charge is 0.322 e. The monoisotopic (exact) mass is 410 g/mol. The summed E-state index contributed by atoms with van der Waals surface area (Å²) in [7, 11) is 1.51. The first-order chi connectivity index (χ1) is 14.4. The first kappa shape index (κ1) is 20.8. The van der Waals surface area contributed by atoms with Crippen molar-refractivity contribution < 1.29 is 19.2 Å². The standard InChI is InChI=1S/C21H22N4O5/c1-4-24-13(2)18(20(26)22-16-7-5-6-8-17(16)30-3)19(23-21(24)27)14-9-11-15(12-10-14)25(28)29/h5-12,19H,4H2,1-3H3,(H,22,26)(H,23,27)/t19-/m1/s1. The number of rotatable bonds is 6. The molecule has 9 nitrogen and oxygen atoms in total. The van der Waals surface area contributed by atoms with Crippen LogP contribution >= 0.6 is 0 Å². The molecule has 2 aromatic rings. The lowest BCUT2D eigenvalue weighted by Gasteiger charge is -2.35. The highest BCUT2D eigenvalue weighted by atomic mass is 16.6. The predicted octanol–water partition coefficient (Wildman–Crippen LogP) is 3.60. The van der Waals surface area contributed by atoms with Crippen LogP contribution in [0.15, 0.2) is 59.8 Å². The average molecular weight is 410 g/mol. The normalized spacial score (nSPS) is 16.2. The molecule has 1 atom stereocenters. The number of nitro benzene ring substituents is 1. The molecule has 0 spiro atoms. The molecule has 0 saturated carbocycles. The number of nitrogens with one attached hydrogen (secondary N) is 2. The summed E-state index contributed by atoms with van der Waals surface area (Å²) in [5.74, 6) is 0.0991. The second-order valence-electron chi connectivity index (χ2n) is 6.63. The topological polar surface area (TPSA) is 114 Å². The molecule has 0 aliphatic carbocycles. The Bertz CT molecular complexity index is 1020. The van der Waals surface area contributed by atoms with E-state index in [1.807, 2.05) is 6.92 Å². The van der Waals surface area contributed by atoms with E-state index in [-0.39, 0.29) is 11.7 Å². The van der Waals surface area contributed by atoms with Gasteiger partial charge in [-0.3, -0.25) is 19.8 Å². The fraction of sp³-hybridized carbons (Fsp3) is 0.238. The summed E-state index contributed by atoms with van der Waals surface area (Å²) < 4.78 is 5.29. The van der Waals surface area contributed by atoms with Crippen LogP contribution in [0.5, 0.6) is 5.75 Å². The van der Waals surface area contributed by atoms with Gasteiger partial charge in [0.15, 0.2) is 0 Å². The number of carbonyl (C=O) groups excluding carboxylic acids is 2. The third-order valence-electron chi connectivity index (χ3n) is 4.95. The van der Waals surface area contributed by atoms with Crippen molar-refractivity contribution in [1.82, 2.24) is 10.2 Å². The van der Waals surface area contributed by atoms with Crippen molar-refractivity contribution in [3.05, 3.63) is 75.5 Å². The summed E-state index contributed by atoms with van der Waals surface area (Å²) in [6, 6.07) is 11.7. The Hall–Kier alpha value is -3.88. The second kappa shape index (κ2) is 8.64. The average Bonchev–Trinajstić information content (AvgIpc) is 2.74. The maximum atomic E-state index is 13.3. The minimum Gasteiger partial charge on any atom is -0.495 e. The Morgan fingerprint density at radius 2 is 1.90 bits per heavy atom. The summed E-state index contributed by atoms with van der Waals surface area (Å²) in [5.41, 5.74) is 1.84. The first-order valence-electron chi connectivity index (χ1n) is 9.34. The Morgan fingerprint density at radius 3 is 2.50 bits per heavy atom. The zero-order chi connectivity index (χ0) is 21.8. The van der Waals surface area contributed by atoms with Crippen LogP contribution < -0.4 is 15.4 Å².